The van der Waals surface area contributed by atoms with Gasteiger partial charge in [0.05, 0.1) is 19.6 Å². The number of amides is 1. The lowest BCUT2D eigenvalue weighted by atomic mass is 9.94. The van der Waals surface area contributed by atoms with Crippen LogP contribution in [0.4, 0.5) is 4.79 Å². The Kier molecular flexibility index (Phi) is 13.1. The Labute approximate surface area is 162 Å². The first-order valence-electron chi connectivity index (χ1n) is 8.81. The summed E-state index contributed by atoms with van der Waals surface area (Å²) in [6.07, 6.45) is -1.55. The zero-order valence-electron chi connectivity index (χ0n) is 16.3. The topological polar surface area (TPSA) is 164 Å². The number of carboxylic acid groups (broad SMARTS) is 1. The standard InChI is InChI=1S/C16H28N2O10/c1-11(2)8-13(9-14(19)20)10-17-16(22)28-12(3)27-15(21)4-5-25-6-7-26-18(23)24/h11-13H,4-10H2,1-3H3,(H,17,22)(H,19,20)/t12?,13-/m0/s1. The van der Waals surface area contributed by atoms with Gasteiger partial charge < -0.3 is 29.5 Å². The third-order valence-electron chi connectivity index (χ3n) is 3.25. The van der Waals surface area contributed by atoms with Crippen LogP contribution in [0.1, 0.15) is 40.0 Å². The molecule has 12 heteroatoms. The van der Waals surface area contributed by atoms with Crippen molar-refractivity contribution in [3.05, 3.63) is 10.1 Å². The molecule has 0 spiro atoms. The van der Waals surface area contributed by atoms with Crippen molar-refractivity contribution in [1.82, 2.24) is 5.32 Å². The minimum absolute atomic E-state index is 0.0368. The van der Waals surface area contributed by atoms with Gasteiger partial charge in [-0.3, -0.25) is 9.59 Å². The van der Waals surface area contributed by atoms with Crippen molar-refractivity contribution in [3.8, 4) is 0 Å². The number of ether oxygens (including phenoxy) is 3. The van der Waals surface area contributed by atoms with E-state index in [-0.39, 0.29) is 51.0 Å². The summed E-state index contributed by atoms with van der Waals surface area (Å²) in [5.41, 5.74) is 0. The molecule has 0 rings (SSSR count). The minimum atomic E-state index is -1.15. The molecule has 0 aliphatic carbocycles. The molecule has 0 aliphatic rings. The van der Waals surface area contributed by atoms with E-state index >= 15 is 0 Å². The maximum atomic E-state index is 11.7. The summed E-state index contributed by atoms with van der Waals surface area (Å²) in [5.74, 6) is -1.59. The number of alkyl carbamates (subject to hydrolysis) is 1. The molecule has 0 bridgehead atoms. The molecule has 0 aromatic heterocycles. The van der Waals surface area contributed by atoms with Crippen LogP contribution in [0.3, 0.4) is 0 Å². The number of esters is 1. The molecule has 28 heavy (non-hydrogen) atoms. The maximum Gasteiger partial charge on any atom is 0.410 e. The van der Waals surface area contributed by atoms with Crippen LogP contribution < -0.4 is 5.32 Å². The van der Waals surface area contributed by atoms with Crippen molar-refractivity contribution in [1.29, 1.82) is 0 Å². The van der Waals surface area contributed by atoms with Gasteiger partial charge in [-0.05, 0) is 18.3 Å². The minimum Gasteiger partial charge on any atom is -0.481 e. The summed E-state index contributed by atoms with van der Waals surface area (Å²) >= 11 is 0. The van der Waals surface area contributed by atoms with Gasteiger partial charge in [-0.1, -0.05) is 13.8 Å². The number of carboxylic acids is 1. The second-order valence-electron chi connectivity index (χ2n) is 6.36. The van der Waals surface area contributed by atoms with Crippen LogP contribution >= 0.6 is 0 Å². The molecule has 0 saturated carbocycles. The van der Waals surface area contributed by atoms with Gasteiger partial charge in [-0.2, -0.15) is 0 Å². The van der Waals surface area contributed by atoms with Gasteiger partial charge in [0, 0.05) is 19.9 Å². The molecule has 12 nitrogen and oxygen atoms in total. The van der Waals surface area contributed by atoms with Crippen molar-refractivity contribution in [3.63, 3.8) is 0 Å². The Morgan fingerprint density at radius 2 is 1.79 bits per heavy atom. The second kappa shape index (κ2) is 14.4. The molecule has 2 atom stereocenters. The molecule has 0 aliphatic heterocycles. The van der Waals surface area contributed by atoms with Gasteiger partial charge >= 0.3 is 18.0 Å². The van der Waals surface area contributed by atoms with Crippen LogP contribution in [0, 0.1) is 22.0 Å². The SMILES string of the molecule is CC(C)C[C@H](CNC(=O)OC(C)OC(=O)CCOCCO[N+](=O)[O-])CC(=O)O. The quantitative estimate of drug-likeness (QED) is 0.133. The maximum absolute atomic E-state index is 11.7. The van der Waals surface area contributed by atoms with E-state index < -0.39 is 29.4 Å². The number of hydrogen-bond donors (Lipinski definition) is 2. The van der Waals surface area contributed by atoms with E-state index in [1.165, 1.54) is 6.92 Å². The van der Waals surface area contributed by atoms with Gasteiger partial charge in [0.2, 0.25) is 6.29 Å². The first-order valence-corrected chi connectivity index (χ1v) is 8.81. The molecule has 0 radical (unpaired) electrons. The first-order chi connectivity index (χ1) is 13.1. The first kappa shape index (κ1) is 25.4. The number of nitrogens with zero attached hydrogens (tertiary/aromatic N) is 1. The van der Waals surface area contributed by atoms with Crippen LogP contribution in [-0.2, 0) is 28.6 Å². The van der Waals surface area contributed by atoms with Crippen molar-refractivity contribution in [2.45, 2.75) is 46.3 Å². The molecule has 162 valence electrons. The zero-order chi connectivity index (χ0) is 21.5. The number of carbonyl (C=O) groups is 3. The van der Waals surface area contributed by atoms with Gasteiger partial charge in [0.25, 0.3) is 5.09 Å². The van der Waals surface area contributed by atoms with E-state index in [0.717, 1.165) is 0 Å². The van der Waals surface area contributed by atoms with Gasteiger partial charge in [0.15, 0.2) is 0 Å². The van der Waals surface area contributed by atoms with Crippen LogP contribution in [-0.4, -0.2) is 60.9 Å². The zero-order valence-corrected chi connectivity index (χ0v) is 16.3. The number of rotatable bonds is 15. The highest BCUT2D eigenvalue weighted by Gasteiger charge is 2.18. The second-order valence-corrected chi connectivity index (χ2v) is 6.36. The molecule has 0 fully saturated rings. The van der Waals surface area contributed by atoms with Crippen LogP contribution in [0.2, 0.25) is 0 Å². The Morgan fingerprint density at radius 1 is 1.11 bits per heavy atom. The smallest absolute Gasteiger partial charge is 0.410 e. The number of nitrogens with one attached hydrogen (secondary N) is 1. The third-order valence-corrected chi connectivity index (χ3v) is 3.25. The van der Waals surface area contributed by atoms with Crippen molar-refractivity contribution in [2.75, 3.05) is 26.4 Å². The molecule has 1 unspecified atom stereocenters. The highest BCUT2D eigenvalue weighted by atomic mass is 17.0. The number of carbonyl (C=O) groups excluding carboxylic acids is 2. The lowest BCUT2D eigenvalue weighted by Crippen LogP contribution is -2.34. The van der Waals surface area contributed by atoms with Gasteiger partial charge in [0.1, 0.15) is 6.61 Å². The Balaban J connectivity index is 4.01. The molecular formula is C16H28N2O10. The summed E-state index contributed by atoms with van der Waals surface area (Å²) in [6.45, 7) is 5.04. The van der Waals surface area contributed by atoms with Crippen LogP contribution in [0.5, 0.6) is 0 Å². The average Bonchev–Trinajstić information content (AvgIpc) is 2.54. The Hall–Kier alpha value is -2.63. The fourth-order valence-electron chi connectivity index (χ4n) is 2.27. The van der Waals surface area contributed by atoms with Gasteiger partial charge in [-0.15, -0.1) is 10.1 Å². The number of hydrogen-bond acceptors (Lipinski definition) is 9. The largest absolute Gasteiger partial charge is 0.481 e. The lowest BCUT2D eigenvalue weighted by molar-refractivity contribution is -0.758. The highest BCUT2D eigenvalue weighted by Crippen LogP contribution is 2.14. The van der Waals surface area contributed by atoms with Gasteiger partial charge in [-0.25, -0.2) is 4.79 Å². The molecule has 0 saturated heterocycles. The van der Waals surface area contributed by atoms with E-state index in [1.807, 2.05) is 13.8 Å². The lowest BCUT2D eigenvalue weighted by Gasteiger charge is -2.19. The fraction of sp³-hybridized carbons (Fsp3) is 0.812. The molecule has 2 N–H and O–H groups in total. The number of aliphatic carboxylic acids is 1. The predicted molar refractivity (Wildman–Crippen MR) is 93.6 cm³/mol. The average molecular weight is 408 g/mol. The summed E-state index contributed by atoms with van der Waals surface area (Å²) < 4.78 is 14.7. The normalized spacial score (nSPS) is 12.7. The predicted octanol–water partition coefficient (Wildman–Crippen LogP) is 1.35. The van der Waals surface area contributed by atoms with Crippen LogP contribution in [0.25, 0.3) is 0 Å². The van der Waals surface area contributed by atoms with Crippen LogP contribution in [0.15, 0.2) is 0 Å². The molecule has 0 aromatic rings. The van der Waals surface area contributed by atoms with E-state index in [2.05, 4.69) is 10.2 Å². The van der Waals surface area contributed by atoms with E-state index in [0.29, 0.717) is 6.42 Å². The third kappa shape index (κ3) is 15.6. The molecular weight excluding hydrogens is 380 g/mol. The van der Waals surface area contributed by atoms with Crippen molar-refractivity contribution >= 4 is 18.0 Å². The van der Waals surface area contributed by atoms with Crippen molar-refractivity contribution in [2.24, 2.45) is 11.8 Å². The van der Waals surface area contributed by atoms with E-state index in [9.17, 15) is 24.5 Å². The highest BCUT2D eigenvalue weighted by molar-refractivity contribution is 5.70. The summed E-state index contributed by atoms with van der Waals surface area (Å²) in [5, 5.41) is 20.3. The van der Waals surface area contributed by atoms with E-state index in [4.69, 9.17) is 19.3 Å². The Bertz CT molecular complexity index is 512. The van der Waals surface area contributed by atoms with Crippen molar-refractivity contribution < 1.29 is 43.6 Å². The summed E-state index contributed by atoms with van der Waals surface area (Å²) in [7, 11) is 0. The van der Waals surface area contributed by atoms with E-state index in [1.54, 1.807) is 0 Å². The molecule has 0 heterocycles. The molecule has 1 amide bonds. The molecule has 0 aromatic carbocycles. The summed E-state index contributed by atoms with van der Waals surface area (Å²) in [4.78, 5) is 48.1. The Morgan fingerprint density at radius 3 is 2.36 bits per heavy atom. The fourth-order valence-corrected chi connectivity index (χ4v) is 2.27. The summed E-state index contributed by atoms with van der Waals surface area (Å²) in [6, 6.07) is 0. The monoisotopic (exact) mass is 408 g/mol.